The zero-order valence-electron chi connectivity index (χ0n) is 10.4. The van der Waals surface area contributed by atoms with Crippen molar-refractivity contribution in [3.8, 4) is 0 Å². The van der Waals surface area contributed by atoms with E-state index in [0.29, 0.717) is 11.6 Å². The number of nitrogens with one attached hydrogen (secondary N) is 1. The van der Waals surface area contributed by atoms with Crippen LogP contribution in [0.5, 0.6) is 0 Å². The van der Waals surface area contributed by atoms with Gasteiger partial charge in [0.15, 0.2) is 0 Å². The Bertz CT molecular complexity index is 538. The highest BCUT2D eigenvalue weighted by Crippen LogP contribution is 2.49. The first-order chi connectivity index (χ1) is 8.79. The number of allylic oxidation sites excluding steroid dienone is 4. The maximum absolute atomic E-state index is 7.81. The van der Waals surface area contributed by atoms with E-state index in [0.717, 1.165) is 24.3 Å². The first-order valence-corrected chi connectivity index (χ1v) is 6.84. The average Bonchev–Trinajstić information content (AvgIpc) is 2.71. The van der Waals surface area contributed by atoms with Crippen molar-refractivity contribution in [2.24, 2.45) is 10.9 Å². The standard InChI is InChI=1S/C15H17N3/c16-12-6-7-13-14(10-12)18-9-3-5-11-4-1-2-8-15(11,18)17-13/h3,6-7,9-11,16H,1-2,4-5,8H2. The zero-order valence-corrected chi connectivity index (χ0v) is 10.4. The van der Waals surface area contributed by atoms with Gasteiger partial charge < -0.3 is 10.3 Å². The van der Waals surface area contributed by atoms with E-state index < -0.39 is 0 Å². The third-order valence-corrected chi connectivity index (χ3v) is 4.64. The summed E-state index contributed by atoms with van der Waals surface area (Å²) in [5.41, 5.74) is 2.76. The Morgan fingerprint density at radius 2 is 2.28 bits per heavy atom. The second-order valence-electron chi connectivity index (χ2n) is 5.63. The molecule has 1 spiro atoms. The molecular formula is C15H17N3. The quantitative estimate of drug-likeness (QED) is 0.648. The first kappa shape index (κ1) is 10.3. The Balaban J connectivity index is 1.87. The Hall–Kier alpha value is -1.64. The van der Waals surface area contributed by atoms with Gasteiger partial charge in [0.1, 0.15) is 5.66 Å². The summed E-state index contributed by atoms with van der Waals surface area (Å²) in [7, 11) is 0. The molecule has 2 heterocycles. The second kappa shape index (κ2) is 3.44. The number of nitrogens with zero attached hydrogens (tertiary/aromatic N) is 2. The molecule has 3 nitrogen and oxygen atoms in total. The summed E-state index contributed by atoms with van der Waals surface area (Å²) < 4.78 is 0. The van der Waals surface area contributed by atoms with Crippen LogP contribution < -0.4 is 0 Å². The van der Waals surface area contributed by atoms with Gasteiger partial charge in [-0.1, -0.05) is 12.5 Å². The molecule has 0 amide bonds. The van der Waals surface area contributed by atoms with Crippen LogP contribution >= 0.6 is 0 Å². The Morgan fingerprint density at radius 1 is 1.33 bits per heavy atom. The van der Waals surface area contributed by atoms with Crippen LogP contribution in [0.25, 0.3) is 0 Å². The maximum Gasteiger partial charge on any atom is 0.139 e. The van der Waals surface area contributed by atoms with E-state index >= 15 is 0 Å². The van der Waals surface area contributed by atoms with Gasteiger partial charge in [0.05, 0.1) is 17.1 Å². The van der Waals surface area contributed by atoms with Gasteiger partial charge in [-0.15, -0.1) is 0 Å². The molecule has 0 aromatic rings. The van der Waals surface area contributed by atoms with Crippen molar-refractivity contribution in [2.75, 3.05) is 0 Å². The van der Waals surface area contributed by atoms with Gasteiger partial charge in [0, 0.05) is 12.1 Å². The van der Waals surface area contributed by atoms with Crippen molar-refractivity contribution in [1.82, 2.24) is 4.90 Å². The number of rotatable bonds is 0. The lowest BCUT2D eigenvalue weighted by molar-refractivity contribution is 0.0721. The molecule has 1 N–H and O–H groups in total. The lowest BCUT2D eigenvalue weighted by Gasteiger charge is -2.47. The molecule has 1 fully saturated rings. The van der Waals surface area contributed by atoms with Gasteiger partial charge in [-0.2, -0.15) is 0 Å². The minimum absolute atomic E-state index is 0.0247. The van der Waals surface area contributed by atoms with Gasteiger partial charge in [0.25, 0.3) is 0 Å². The molecule has 1 saturated carbocycles. The molecule has 4 aliphatic rings. The molecule has 18 heavy (non-hydrogen) atoms. The highest BCUT2D eigenvalue weighted by Gasteiger charge is 2.51. The molecule has 2 aliphatic heterocycles. The predicted octanol–water partition coefficient (Wildman–Crippen LogP) is 3.02. The SMILES string of the molecule is N=C1C=CC2=NC34CCCCC3CC=CN4C2=C1. The minimum Gasteiger partial charge on any atom is -0.321 e. The summed E-state index contributed by atoms with van der Waals surface area (Å²) in [6.45, 7) is 0. The van der Waals surface area contributed by atoms with E-state index in [9.17, 15) is 0 Å². The maximum atomic E-state index is 7.81. The first-order valence-electron chi connectivity index (χ1n) is 6.84. The van der Waals surface area contributed by atoms with E-state index in [-0.39, 0.29) is 5.66 Å². The van der Waals surface area contributed by atoms with Crippen molar-refractivity contribution in [1.29, 1.82) is 5.41 Å². The van der Waals surface area contributed by atoms with E-state index in [4.69, 9.17) is 10.4 Å². The van der Waals surface area contributed by atoms with Crippen LogP contribution in [-0.2, 0) is 0 Å². The predicted molar refractivity (Wildman–Crippen MR) is 72.7 cm³/mol. The number of hydrogen-bond donors (Lipinski definition) is 1. The molecule has 2 aliphatic carbocycles. The summed E-state index contributed by atoms with van der Waals surface area (Å²) in [4.78, 5) is 7.40. The van der Waals surface area contributed by atoms with Crippen molar-refractivity contribution in [3.05, 3.63) is 36.2 Å². The van der Waals surface area contributed by atoms with Crippen LogP contribution in [0.2, 0.25) is 0 Å². The van der Waals surface area contributed by atoms with E-state index in [1.54, 1.807) is 0 Å². The summed E-state index contributed by atoms with van der Waals surface area (Å²) in [5.74, 6) is 0.651. The average molecular weight is 239 g/mol. The number of fused-ring (bicyclic) bond motifs is 2. The van der Waals surface area contributed by atoms with Gasteiger partial charge in [-0.25, -0.2) is 0 Å². The fourth-order valence-electron chi connectivity index (χ4n) is 3.80. The second-order valence-corrected chi connectivity index (χ2v) is 5.63. The Kier molecular flexibility index (Phi) is 1.97. The van der Waals surface area contributed by atoms with Crippen LogP contribution in [0.1, 0.15) is 32.1 Å². The fourth-order valence-corrected chi connectivity index (χ4v) is 3.80. The molecule has 92 valence electrons. The van der Waals surface area contributed by atoms with Crippen LogP contribution in [0, 0.1) is 11.3 Å². The van der Waals surface area contributed by atoms with E-state index in [2.05, 4.69) is 17.2 Å². The smallest absolute Gasteiger partial charge is 0.139 e. The van der Waals surface area contributed by atoms with Crippen molar-refractivity contribution in [3.63, 3.8) is 0 Å². The van der Waals surface area contributed by atoms with E-state index in [1.807, 2.05) is 18.2 Å². The van der Waals surface area contributed by atoms with Crippen molar-refractivity contribution >= 4 is 11.4 Å². The topological polar surface area (TPSA) is 39.5 Å². The third kappa shape index (κ3) is 1.19. The minimum atomic E-state index is -0.0247. The van der Waals surface area contributed by atoms with Crippen LogP contribution in [0.15, 0.2) is 41.2 Å². The zero-order chi connectivity index (χ0) is 12.2. The van der Waals surface area contributed by atoms with Crippen molar-refractivity contribution in [2.45, 2.75) is 37.8 Å². The molecule has 0 saturated heterocycles. The van der Waals surface area contributed by atoms with Crippen LogP contribution in [0.4, 0.5) is 0 Å². The molecule has 0 aromatic carbocycles. The van der Waals surface area contributed by atoms with Gasteiger partial charge in [-0.3, -0.25) is 4.99 Å². The Morgan fingerprint density at radius 3 is 3.22 bits per heavy atom. The largest absolute Gasteiger partial charge is 0.321 e. The Labute approximate surface area is 107 Å². The third-order valence-electron chi connectivity index (χ3n) is 4.64. The highest BCUT2D eigenvalue weighted by atomic mass is 15.4. The highest BCUT2D eigenvalue weighted by molar-refractivity contribution is 6.21. The molecular weight excluding hydrogens is 222 g/mol. The molecule has 0 radical (unpaired) electrons. The summed E-state index contributed by atoms with van der Waals surface area (Å²) in [5, 5.41) is 7.81. The van der Waals surface area contributed by atoms with Crippen LogP contribution in [0.3, 0.4) is 0 Å². The molecule has 2 atom stereocenters. The lowest BCUT2D eigenvalue weighted by atomic mass is 9.75. The monoisotopic (exact) mass is 239 g/mol. The lowest BCUT2D eigenvalue weighted by Crippen LogP contribution is -2.50. The normalized spacial score (nSPS) is 36.8. The summed E-state index contributed by atoms with van der Waals surface area (Å²) in [6.07, 6.45) is 16.5. The molecule has 4 rings (SSSR count). The van der Waals surface area contributed by atoms with Crippen molar-refractivity contribution < 1.29 is 0 Å². The number of aliphatic imine (C=N–C) groups is 1. The van der Waals surface area contributed by atoms with E-state index in [1.165, 1.54) is 19.3 Å². The van der Waals surface area contributed by atoms with Gasteiger partial charge in [0.2, 0.25) is 0 Å². The number of hydrogen-bond acceptors (Lipinski definition) is 3. The summed E-state index contributed by atoms with van der Waals surface area (Å²) in [6, 6.07) is 0. The molecule has 3 heteroatoms. The molecule has 2 unspecified atom stereocenters. The fraction of sp³-hybridized carbons (Fsp3) is 0.467. The van der Waals surface area contributed by atoms with Crippen LogP contribution in [-0.4, -0.2) is 22.0 Å². The summed E-state index contributed by atoms with van der Waals surface area (Å²) >= 11 is 0. The molecule has 0 aromatic heterocycles. The molecule has 0 bridgehead atoms. The van der Waals surface area contributed by atoms with Gasteiger partial charge >= 0.3 is 0 Å². The van der Waals surface area contributed by atoms with Gasteiger partial charge in [-0.05, 0) is 43.9 Å².